The number of oxime groups is 1. The molecular formula is C29H38N4O4. The van der Waals surface area contributed by atoms with Crippen molar-refractivity contribution in [2.24, 2.45) is 17.0 Å². The van der Waals surface area contributed by atoms with Crippen molar-refractivity contribution in [3.05, 3.63) is 40.3 Å². The van der Waals surface area contributed by atoms with Gasteiger partial charge in [-0.1, -0.05) is 43.0 Å². The van der Waals surface area contributed by atoms with Gasteiger partial charge < -0.3 is 14.5 Å². The van der Waals surface area contributed by atoms with Gasteiger partial charge in [-0.05, 0) is 75.8 Å². The van der Waals surface area contributed by atoms with Gasteiger partial charge in [-0.3, -0.25) is 9.69 Å². The molecule has 4 bridgehead atoms. The highest BCUT2D eigenvalue weighted by Crippen LogP contribution is 2.47. The molecule has 4 atom stereocenters. The van der Waals surface area contributed by atoms with E-state index in [9.17, 15) is 14.7 Å². The van der Waals surface area contributed by atoms with Gasteiger partial charge in [0.2, 0.25) is 5.71 Å². The fourth-order valence-electron chi connectivity index (χ4n) is 8.09. The molecule has 4 unspecified atom stereocenters. The highest BCUT2D eigenvalue weighted by Gasteiger charge is 2.47. The maximum atomic E-state index is 13.9. The topological polar surface area (TPSA) is 97.0 Å². The highest BCUT2D eigenvalue weighted by atomic mass is 16.6. The van der Waals surface area contributed by atoms with Gasteiger partial charge in [-0.15, -0.1) is 0 Å². The molecule has 8 nitrogen and oxygen atoms in total. The quantitative estimate of drug-likeness (QED) is 0.449. The summed E-state index contributed by atoms with van der Waals surface area (Å²) in [4.78, 5) is 38.2. The van der Waals surface area contributed by atoms with E-state index in [1.54, 1.807) is 6.92 Å². The van der Waals surface area contributed by atoms with Crippen molar-refractivity contribution in [3.63, 3.8) is 0 Å². The molecule has 4 aliphatic rings. The minimum atomic E-state index is -1.31. The van der Waals surface area contributed by atoms with Crippen molar-refractivity contribution in [2.75, 3.05) is 6.61 Å². The molecule has 2 aromatic rings. The van der Waals surface area contributed by atoms with Crippen LogP contribution in [0.1, 0.15) is 89.3 Å². The Balaban J connectivity index is 1.34. The molecule has 0 spiro atoms. The van der Waals surface area contributed by atoms with E-state index in [0.717, 1.165) is 30.2 Å². The summed E-state index contributed by atoms with van der Waals surface area (Å²) in [6.07, 6.45) is 13.9. The van der Waals surface area contributed by atoms with E-state index < -0.39 is 11.7 Å². The number of piperidine rings is 1. The Morgan fingerprint density at radius 1 is 0.973 bits per heavy atom. The first-order valence-electron chi connectivity index (χ1n) is 14.3. The average Bonchev–Trinajstić information content (AvgIpc) is 3.04. The number of carboxylic acid groups (broad SMARTS) is 1. The number of hydrogen-bond acceptors (Lipinski definition) is 6. The summed E-state index contributed by atoms with van der Waals surface area (Å²) in [5, 5.41) is 13.6. The lowest BCUT2D eigenvalue weighted by atomic mass is 9.76. The zero-order valence-corrected chi connectivity index (χ0v) is 21.7. The minimum absolute atomic E-state index is 0.0147. The van der Waals surface area contributed by atoms with Crippen molar-refractivity contribution in [1.82, 2.24) is 14.5 Å². The number of fused-ring (bicyclic) bond motifs is 5. The summed E-state index contributed by atoms with van der Waals surface area (Å²) in [6, 6.07) is 9.19. The van der Waals surface area contributed by atoms with E-state index in [1.807, 2.05) is 28.8 Å². The standard InChI is InChI=1S/C29H38N4O4/c1-2-37-31-27(29(35)36)26-28(34)33(25-10-6-5-9-24(25)30-26)23-16-20-11-12-21(17-23)32(20)22-14-18-7-3-4-8-19(13-18)15-22/h5-6,9-10,18-23H,2-4,7-8,11-17H2,1H3,(H,35,36). The maximum Gasteiger partial charge on any atom is 0.360 e. The van der Waals surface area contributed by atoms with Gasteiger partial charge in [0.25, 0.3) is 5.56 Å². The van der Waals surface area contributed by atoms with E-state index in [0.29, 0.717) is 23.6 Å². The second-order valence-electron chi connectivity index (χ2n) is 11.6. The second kappa shape index (κ2) is 10.2. The fourth-order valence-corrected chi connectivity index (χ4v) is 8.09. The summed E-state index contributed by atoms with van der Waals surface area (Å²) in [6.45, 7) is 1.93. The second-order valence-corrected chi connectivity index (χ2v) is 11.6. The van der Waals surface area contributed by atoms with Gasteiger partial charge >= 0.3 is 5.97 Å². The monoisotopic (exact) mass is 506 g/mol. The molecule has 2 aliphatic heterocycles. The van der Waals surface area contributed by atoms with Crippen LogP contribution in [0.2, 0.25) is 0 Å². The summed E-state index contributed by atoms with van der Waals surface area (Å²) in [5.74, 6) is 0.460. The van der Waals surface area contributed by atoms with Crippen LogP contribution in [-0.2, 0) is 9.63 Å². The summed E-state index contributed by atoms with van der Waals surface area (Å²) < 4.78 is 1.82. The molecule has 37 heavy (non-hydrogen) atoms. The van der Waals surface area contributed by atoms with Crippen molar-refractivity contribution in [2.45, 2.75) is 102 Å². The van der Waals surface area contributed by atoms with Crippen LogP contribution >= 0.6 is 0 Å². The first kappa shape index (κ1) is 24.6. The first-order chi connectivity index (χ1) is 18.0. The largest absolute Gasteiger partial charge is 0.476 e. The number of nitrogens with zero attached hydrogens (tertiary/aromatic N) is 4. The molecular weight excluding hydrogens is 468 g/mol. The minimum Gasteiger partial charge on any atom is -0.476 e. The van der Waals surface area contributed by atoms with Crippen LogP contribution < -0.4 is 5.56 Å². The van der Waals surface area contributed by atoms with Crippen LogP contribution in [0.25, 0.3) is 11.0 Å². The van der Waals surface area contributed by atoms with Crippen LogP contribution in [0, 0.1) is 11.8 Å². The van der Waals surface area contributed by atoms with Gasteiger partial charge in [-0.25, -0.2) is 9.78 Å². The van der Waals surface area contributed by atoms with Crippen LogP contribution in [0.15, 0.2) is 34.2 Å². The molecule has 1 N–H and O–H groups in total. The van der Waals surface area contributed by atoms with Crippen LogP contribution in [0.4, 0.5) is 0 Å². The zero-order chi connectivity index (χ0) is 25.5. The molecule has 1 aromatic heterocycles. The molecule has 8 heteroatoms. The summed E-state index contributed by atoms with van der Waals surface area (Å²) in [7, 11) is 0. The van der Waals surface area contributed by atoms with E-state index >= 15 is 0 Å². The Kier molecular flexibility index (Phi) is 6.78. The van der Waals surface area contributed by atoms with Gasteiger partial charge in [0.1, 0.15) is 6.61 Å². The van der Waals surface area contributed by atoms with Gasteiger partial charge in [0.05, 0.1) is 11.0 Å². The number of hydrogen-bond donors (Lipinski definition) is 1. The number of aliphatic carboxylic acids is 1. The van der Waals surface area contributed by atoms with Crippen LogP contribution in [0.5, 0.6) is 0 Å². The number of para-hydroxylation sites is 2. The number of aromatic nitrogens is 2. The number of carbonyl (C=O) groups is 1. The molecule has 2 aliphatic carbocycles. The maximum absolute atomic E-state index is 13.9. The smallest absolute Gasteiger partial charge is 0.360 e. The Morgan fingerprint density at radius 3 is 2.30 bits per heavy atom. The third-order valence-corrected chi connectivity index (χ3v) is 9.41. The molecule has 1 aromatic carbocycles. The third kappa shape index (κ3) is 4.58. The molecule has 0 radical (unpaired) electrons. The van der Waals surface area contributed by atoms with E-state index in [1.165, 1.54) is 57.8 Å². The normalized spacial score (nSPS) is 32.3. The predicted octanol–water partition coefficient (Wildman–Crippen LogP) is 4.75. The SMILES string of the molecule is CCON=C(C(=O)O)c1nc2ccccc2n(C2CC3CCC(C2)N3C2CC3CCCCC(C3)C2)c1=O. The molecule has 3 heterocycles. The summed E-state index contributed by atoms with van der Waals surface area (Å²) in [5.41, 5.74) is 0.399. The molecule has 2 saturated heterocycles. The predicted molar refractivity (Wildman–Crippen MR) is 142 cm³/mol. The number of rotatable bonds is 6. The Bertz CT molecular complexity index is 1230. The lowest BCUT2D eigenvalue weighted by molar-refractivity contribution is -0.129. The third-order valence-electron chi connectivity index (χ3n) is 9.41. The van der Waals surface area contributed by atoms with E-state index in [2.05, 4.69) is 15.0 Å². The zero-order valence-electron chi connectivity index (χ0n) is 21.7. The van der Waals surface area contributed by atoms with Gasteiger partial charge in [-0.2, -0.15) is 0 Å². The molecule has 6 rings (SSSR count). The molecule has 2 saturated carbocycles. The Labute approximate surface area is 217 Å². The molecule has 0 amide bonds. The van der Waals surface area contributed by atoms with Gasteiger partial charge in [0, 0.05) is 24.2 Å². The number of carboxylic acids is 1. The highest BCUT2D eigenvalue weighted by molar-refractivity contribution is 6.41. The van der Waals surface area contributed by atoms with E-state index in [4.69, 9.17) is 4.84 Å². The van der Waals surface area contributed by atoms with E-state index in [-0.39, 0.29) is 23.9 Å². The van der Waals surface area contributed by atoms with Crippen LogP contribution in [-0.4, -0.2) is 56.0 Å². The fraction of sp³-hybridized carbons (Fsp3) is 0.655. The Hall–Kier alpha value is -2.74. The first-order valence-corrected chi connectivity index (χ1v) is 14.3. The van der Waals surface area contributed by atoms with Crippen LogP contribution in [0.3, 0.4) is 0 Å². The van der Waals surface area contributed by atoms with Crippen molar-refractivity contribution < 1.29 is 14.7 Å². The lowest BCUT2D eigenvalue weighted by Gasteiger charge is -2.48. The van der Waals surface area contributed by atoms with Crippen molar-refractivity contribution >= 4 is 22.7 Å². The van der Waals surface area contributed by atoms with Crippen molar-refractivity contribution in [1.29, 1.82) is 0 Å². The number of benzene rings is 1. The molecule has 198 valence electrons. The van der Waals surface area contributed by atoms with Crippen molar-refractivity contribution in [3.8, 4) is 0 Å². The average molecular weight is 507 g/mol. The lowest BCUT2D eigenvalue weighted by Crippen LogP contribution is -2.52. The molecule has 4 fully saturated rings. The Morgan fingerprint density at radius 2 is 1.65 bits per heavy atom. The van der Waals surface area contributed by atoms with Gasteiger partial charge in [0.15, 0.2) is 5.69 Å². The summed E-state index contributed by atoms with van der Waals surface area (Å²) >= 11 is 0.